The van der Waals surface area contributed by atoms with Crippen LogP contribution in [0.3, 0.4) is 0 Å². The number of likely N-dealkylation sites (N-methyl/N-ethyl adjacent to an activating group) is 1. The molecule has 12 heteroatoms. The van der Waals surface area contributed by atoms with Crippen molar-refractivity contribution in [3.05, 3.63) is 58.9 Å². The molecule has 1 aliphatic heterocycles. The largest absolute Gasteiger partial charge is 0.480 e. The number of carbonyl (C=O) groups is 2. The summed E-state index contributed by atoms with van der Waals surface area (Å²) in [4.78, 5) is 26.9. The van der Waals surface area contributed by atoms with E-state index in [0.29, 0.717) is 47.1 Å². The lowest BCUT2D eigenvalue weighted by atomic mass is 10.1. The Morgan fingerprint density at radius 1 is 1.06 bits per heavy atom. The van der Waals surface area contributed by atoms with Crippen molar-refractivity contribution >= 4 is 28.3 Å². The van der Waals surface area contributed by atoms with E-state index in [9.17, 15) is 9.59 Å². The lowest BCUT2D eigenvalue weighted by Crippen LogP contribution is -2.29. The molecule has 1 aliphatic rings. The summed E-state index contributed by atoms with van der Waals surface area (Å²) in [6, 6.07) is 11.9. The van der Waals surface area contributed by atoms with Crippen molar-refractivity contribution < 1.29 is 23.5 Å². The summed E-state index contributed by atoms with van der Waals surface area (Å²) < 4.78 is 17.4. The molecule has 36 heavy (non-hydrogen) atoms. The van der Waals surface area contributed by atoms with E-state index in [1.807, 2.05) is 0 Å². The second kappa shape index (κ2) is 9.74. The highest BCUT2D eigenvalue weighted by molar-refractivity contribution is 7.15. The summed E-state index contributed by atoms with van der Waals surface area (Å²) in [5.41, 5.74) is 1.03. The van der Waals surface area contributed by atoms with Crippen LogP contribution >= 0.6 is 11.3 Å². The Morgan fingerprint density at radius 2 is 1.83 bits per heavy atom. The summed E-state index contributed by atoms with van der Waals surface area (Å²) in [6.07, 6.45) is -0.0630. The summed E-state index contributed by atoms with van der Waals surface area (Å²) in [5.74, 6) is 1.61. The summed E-state index contributed by atoms with van der Waals surface area (Å²) in [6.45, 7) is 4.13. The van der Waals surface area contributed by atoms with Crippen molar-refractivity contribution in [1.82, 2.24) is 25.3 Å². The minimum absolute atomic E-state index is 0.108. The van der Waals surface area contributed by atoms with Gasteiger partial charge < -0.3 is 18.8 Å². The molecule has 1 atom stereocenters. The molecule has 0 radical (unpaired) electrons. The first-order valence-electron chi connectivity index (χ1n) is 11.1. The maximum Gasteiger partial charge on any atom is 0.263 e. The van der Waals surface area contributed by atoms with E-state index in [4.69, 9.17) is 13.9 Å². The minimum atomic E-state index is -0.621. The molecule has 4 aromatic rings. The average Bonchev–Trinajstić information content (AvgIpc) is 3.56. The first kappa shape index (κ1) is 23.4. The van der Waals surface area contributed by atoms with Crippen LogP contribution in [-0.2, 0) is 4.79 Å². The molecule has 1 fully saturated rings. The van der Waals surface area contributed by atoms with Crippen LogP contribution in [0, 0.1) is 13.8 Å². The van der Waals surface area contributed by atoms with Gasteiger partial charge in [-0.1, -0.05) is 11.3 Å². The van der Waals surface area contributed by atoms with Gasteiger partial charge in [0.25, 0.3) is 11.8 Å². The molecule has 1 unspecified atom stereocenters. The van der Waals surface area contributed by atoms with Gasteiger partial charge in [0.2, 0.25) is 16.9 Å². The number of nitrogens with one attached hydrogen (secondary N) is 1. The fourth-order valence-electron chi connectivity index (χ4n) is 3.62. The molecule has 1 N–H and O–H groups in total. The zero-order chi connectivity index (χ0) is 25.2. The van der Waals surface area contributed by atoms with E-state index in [1.165, 1.54) is 11.3 Å². The molecule has 1 saturated heterocycles. The van der Waals surface area contributed by atoms with Crippen molar-refractivity contribution in [2.75, 3.05) is 18.9 Å². The summed E-state index contributed by atoms with van der Waals surface area (Å²) >= 11 is 1.27. The number of rotatable bonds is 7. The zero-order valence-corrected chi connectivity index (χ0v) is 20.5. The second-order valence-corrected chi connectivity index (χ2v) is 9.36. The van der Waals surface area contributed by atoms with Crippen LogP contribution in [0.25, 0.3) is 11.5 Å². The smallest absolute Gasteiger partial charge is 0.263 e. The Labute approximate surface area is 210 Å². The second-order valence-electron chi connectivity index (χ2n) is 8.18. The topological polar surface area (TPSA) is 133 Å². The number of anilines is 1. The lowest BCUT2D eigenvalue weighted by molar-refractivity contribution is -0.132. The van der Waals surface area contributed by atoms with Gasteiger partial charge in [0.1, 0.15) is 22.3 Å². The fraction of sp³-hybridized carbons (Fsp3) is 0.250. The third kappa shape index (κ3) is 5.18. The van der Waals surface area contributed by atoms with Crippen LogP contribution in [0.2, 0.25) is 0 Å². The van der Waals surface area contributed by atoms with Gasteiger partial charge in [-0.3, -0.25) is 14.9 Å². The summed E-state index contributed by atoms with van der Waals surface area (Å²) in [5, 5.41) is 19.5. The average molecular weight is 507 g/mol. The number of nitrogens with zero attached hydrogens (tertiary/aromatic N) is 5. The van der Waals surface area contributed by atoms with Gasteiger partial charge >= 0.3 is 0 Å². The predicted octanol–water partition coefficient (Wildman–Crippen LogP) is 3.86. The van der Waals surface area contributed by atoms with Crippen LogP contribution in [-0.4, -0.2) is 56.8 Å². The third-order valence-electron chi connectivity index (χ3n) is 5.41. The highest BCUT2D eigenvalue weighted by Gasteiger charge is 2.31. The Hall–Kier alpha value is -4.32. The van der Waals surface area contributed by atoms with E-state index >= 15 is 0 Å². The highest BCUT2D eigenvalue weighted by atomic mass is 32.1. The number of amides is 2. The molecule has 0 spiro atoms. The molecular weight excluding hydrogens is 484 g/mol. The number of ether oxygens (including phenoxy) is 2. The Kier molecular flexibility index (Phi) is 6.34. The number of hydrogen-bond acceptors (Lipinski definition) is 10. The van der Waals surface area contributed by atoms with Gasteiger partial charge in [-0.2, -0.15) is 0 Å². The molecule has 3 heterocycles. The first-order valence-corrected chi connectivity index (χ1v) is 11.9. The fourth-order valence-corrected chi connectivity index (χ4v) is 4.21. The number of aryl methyl sites for hydroxylation is 2. The van der Waals surface area contributed by atoms with E-state index in [-0.39, 0.29) is 11.5 Å². The molecule has 2 amide bonds. The highest BCUT2D eigenvalue weighted by Crippen LogP contribution is 2.31. The molecular formula is C24H22N6O5S. The van der Waals surface area contributed by atoms with Crippen LogP contribution < -0.4 is 14.8 Å². The minimum Gasteiger partial charge on any atom is -0.480 e. The van der Waals surface area contributed by atoms with Gasteiger partial charge in [0, 0.05) is 44.1 Å². The maximum absolute atomic E-state index is 13.0. The van der Waals surface area contributed by atoms with Crippen molar-refractivity contribution in [2.24, 2.45) is 0 Å². The van der Waals surface area contributed by atoms with Crippen molar-refractivity contribution in [3.8, 4) is 28.7 Å². The van der Waals surface area contributed by atoms with Crippen molar-refractivity contribution in [1.29, 1.82) is 0 Å². The number of hydrogen-bond donors (Lipinski definition) is 1. The molecule has 2 aromatic carbocycles. The number of benzene rings is 2. The van der Waals surface area contributed by atoms with Gasteiger partial charge in [0.05, 0.1) is 0 Å². The lowest BCUT2D eigenvalue weighted by Gasteiger charge is -2.15. The SMILES string of the molecule is Cc1nnc(-c2ccc(Oc3cc(OC4CCN(C)C4=O)cc(C(=O)Nc4nnc(C)s4)c3)cc2)o1. The Bertz CT molecular complexity index is 1420. The van der Waals surface area contributed by atoms with E-state index in [2.05, 4.69) is 25.7 Å². The molecule has 0 saturated carbocycles. The standard InChI is InChI=1S/C24H22N6O5S/c1-13-26-28-22(33-13)15-4-6-17(7-5-15)34-18-10-16(21(31)25-24-29-27-14(2)36-24)11-19(12-18)35-20-8-9-30(3)23(20)32/h4-7,10-12,20H,8-9H2,1-3H3,(H,25,29,31). The van der Waals surface area contributed by atoms with E-state index < -0.39 is 12.0 Å². The van der Waals surface area contributed by atoms with Crippen LogP contribution in [0.4, 0.5) is 5.13 Å². The zero-order valence-electron chi connectivity index (χ0n) is 19.7. The summed E-state index contributed by atoms with van der Waals surface area (Å²) in [7, 11) is 1.73. The van der Waals surface area contributed by atoms with Crippen LogP contribution in [0.1, 0.15) is 27.7 Å². The maximum atomic E-state index is 13.0. The predicted molar refractivity (Wildman–Crippen MR) is 130 cm³/mol. The Morgan fingerprint density at radius 3 is 2.47 bits per heavy atom. The molecule has 0 bridgehead atoms. The normalized spacial score (nSPS) is 15.2. The monoisotopic (exact) mass is 506 g/mol. The molecule has 11 nitrogen and oxygen atoms in total. The van der Waals surface area contributed by atoms with E-state index in [0.717, 1.165) is 10.6 Å². The van der Waals surface area contributed by atoms with Gasteiger partial charge in [-0.15, -0.1) is 20.4 Å². The Balaban J connectivity index is 1.40. The molecule has 2 aromatic heterocycles. The molecule has 0 aliphatic carbocycles. The molecule has 5 rings (SSSR count). The number of aromatic nitrogens is 4. The van der Waals surface area contributed by atoms with Crippen molar-refractivity contribution in [2.45, 2.75) is 26.4 Å². The van der Waals surface area contributed by atoms with Crippen molar-refractivity contribution in [3.63, 3.8) is 0 Å². The van der Waals surface area contributed by atoms with Gasteiger partial charge in [-0.25, -0.2) is 0 Å². The number of likely N-dealkylation sites (tertiary alicyclic amines) is 1. The van der Waals surface area contributed by atoms with Crippen LogP contribution in [0.5, 0.6) is 17.2 Å². The quantitative estimate of drug-likeness (QED) is 0.397. The third-order valence-corrected chi connectivity index (χ3v) is 6.16. The number of carbonyl (C=O) groups excluding carboxylic acids is 2. The van der Waals surface area contributed by atoms with Gasteiger partial charge in [-0.05, 0) is 43.3 Å². The first-order chi connectivity index (χ1) is 17.3. The van der Waals surface area contributed by atoms with Crippen LogP contribution in [0.15, 0.2) is 46.9 Å². The molecule has 184 valence electrons. The van der Waals surface area contributed by atoms with E-state index in [1.54, 1.807) is 68.3 Å². The van der Waals surface area contributed by atoms with Gasteiger partial charge in [0.15, 0.2) is 6.10 Å².